The van der Waals surface area contributed by atoms with E-state index in [-0.39, 0.29) is 24.0 Å². The minimum absolute atomic E-state index is 0.114. The molecule has 0 aliphatic heterocycles. The Kier molecular flexibility index (Phi) is 6.32. The van der Waals surface area contributed by atoms with Gasteiger partial charge in [-0.1, -0.05) is 20.8 Å². The summed E-state index contributed by atoms with van der Waals surface area (Å²) in [6.07, 6.45) is -0.440. The maximum Gasteiger partial charge on any atom is 0.411 e. The summed E-state index contributed by atoms with van der Waals surface area (Å²) in [5.74, 6) is 0.773. The first kappa shape index (κ1) is 17.8. The van der Waals surface area contributed by atoms with Crippen molar-refractivity contribution in [1.29, 1.82) is 0 Å². The van der Waals surface area contributed by atoms with Crippen LogP contribution in [-0.2, 0) is 4.74 Å². The molecule has 0 spiro atoms. The lowest BCUT2D eigenvalue weighted by Crippen LogP contribution is -2.34. The lowest BCUT2D eigenvalue weighted by molar-refractivity contribution is -0.174. The van der Waals surface area contributed by atoms with Gasteiger partial charge in [-0.25, -0.2) is 0 Å². The Morgan fingerprint density at radius 1 is 1.15 bits per heavy atom. The van der Waals surface area contributed by atoms with E-state index in [1.807, 2.05) is 0 Å². The van der Waals surface area contributed by atoms with E-state index in [9.17, 15) is 18.3 Å². The van der Waals surface area contributed by atoms with Gasteiger partial charge in [0, 0.05) is 6.61 Å². The van der Waals surface area contributed by atoms with Crippen molar-refractivity contribution in [2.75, 3.05) is 13.2 Å². The molecule has 20 heavy (non-hydrogen) atoms. The number of alkyl halides is 3. The lowest BCUT2D eigenvalue weighted by Gasteiger charge is -2.40. The minimum Gasteiger partial charge on any atom is -0.393 e. The first-order valence-corrected chi connectivity index (χ1v) is 7.42. The molecule has 3 unspecified atom stereocenters. The average molecular weight is 296 g/mol. The van der Waals surface area contributed by atoms with E-state index in [2.05, 4.69) is 25.5 Å². The van der Waals surface area contributed by atoms with Gasteiger partial charge in [0.1, 0.15) is 6.61 Å². The van der Waals surface area contributed by atoms with E-state index in [4.69, 9.17) is 0 Å². The van der Waals surface area contributed by atoms with Gasteiger partial charge >= 0.3 is 6.18 Å². The van der Waals surface area contributed by atoms with Crippen LogP contribution in [-0.4, -0.2) is 30.6 Å². The third-order valence-electron chi connectivity index (χ3n) is 4.30. The first-order valence-electron chi connectivity index (χ1n) is 7.42. The van der Waals surface area contributed by atoms with Crippen molar-refractivity contribution in [2.45, 2.75) is 65.2 Å². The Labute approximate surface area is 119 Å². The van der Waals surface area contributed by atoms with Gasteiger partial charge in [-0.2, -0.15) is 13.2 Å². The smallest absolute Gasteiger partial charge is 0.393 e. The fourth-order valence-electron chi connectivity index (χ4n) is 2.98. The van der Waals surface area contributed by atoms with Crippen LogP contribution in [0, 0.1) is 17.3 Å². The molecule has 1 rings (SSSR count). The van der Waals surface area contributed by atoms with E-state index in [0.29, 0.717) is 12.3 Å². The van der Waals surface area contributed by atoms with E-state index in [1.54, 1.807) is 0 Å². The zero-order valence-electron chi connectivity index (χ0n) is 12.7. The van der Waals surface area contributed by atoms with Crippen molar-refractivity contribution in [3.05, 3.63) is 0 Å². The molecule has 0 heterocycles. The molecule has 0 aromatic rings. The summed E-state index contributed by atoms with van der Waals surface area (Å²) in [6, 6.07) is 0. The summed E-state index contributed by atoms with van der Waals surface area (Å²) < 4.78 is 40.4. The number of ether oxygens (including phenoxy) is 1. The summed E-state index contributed by atoms with van der Waals surface area (Å²) in [4.78, 5) is 0. The number of aliphatic hydroxyl groups is 1. The van der Waals surface area contributed by atoms with E-state index in [1.165, 1.54) is 0 Å². The third kappa shape index (κ3) is 6.44. The molecule has 0 aromatic carbocycles. The first-order chi connectivity index (χ1) is 9.09. The maximum atomic E-state index is 11.9. The molecule has 0 aromatic heterocycles. The minimum atomic E-state index is -4.25. The molecule has 0 radical (unpaired) electrons. The van der Waals surface area contributed by atoms with Gasteiger partial charge in [0.15, 0.2) is 0 Å². The number of aliphatic hydroxyl groups excluding tert-OH is 1. The van der Waals surface area contributed by atoms with Crippen molar-refractivity contribution >= 4 is 0 Å². The van der Waals surface area contributed by atoms with Gasteiger partial charge in [-0.15, -0.1) is 0 Å². The number of hydrogen-bond acceptors (Lipinski definition) is 2. The molecular weight excluding hydrogens is 269 g/mol. The van der Waals surface area contributed by atoms with Crippen LogP contribution >= 0.6 is 0 Å². The van der Waals surface area contributed by atoms with Crippen LogP contribution in [0.4, 0.5) is 13.2 Å². The van der Waals surface area contributed by atoms with Crippen LogP contribution in [0.5, 0.6) is 0 Å². The number of halogens is 3. The molecule has 1 aliphatic carbocycles. The highest BCUT2D eigenvalue weighted by atomic mass is 19.4. The molecule has 0 amide bonds. The predicted molar refractivity (Wildman–Crippen MR) is 72.4 cm³/mol. The highest BCUT2D eigenvalue weighted by Crippen LogP contribution is 2.41. The summed E-state index contributed by atoms with van der Waals surface area (Å²) in [6.45, 7) is 5.56. The molecule has 120 valence electrons. The largest absolute Gasteiger partial charge is 0.411 e. The molecule has 1 aliphatic rings. The van der Waals surface area contributed by atoms with Gasteiger partial charge in [-0.3, -0.25) is 0 Å². The second-order valence-electron chi connectivity index (χ2n) is 7.01. The van der Waals surface area contributed by atoms with Crippen molar-refractivity contribution in [3.63, 3.8) is 0 Å². The Bertz CT molecular complexity index is 284. The quantitative estimate of drug-likeness (QED) is 0.772. The Hall–Kier alpha value is -0.290. The normalized spacial score (nSPS) is 28.6. The molecule has 0 saturated heterocycles. The van der Waals surface area contributed by atoms with Crippen LogP contribution in [0.1, 0.15) is 52.9 Å². The van der Waals surface area contributed by atoms with Crippen molar-refractivity contribution in [1.82, 2.24) is 0 Å². The standard InChI is InChI=1S/C15H27F3O2/c1-14(2,3)12-6-7-13(19)11(9-12)5-4-8-20-10-15(16,17)18/h11-13,19H,4-10H2,1-3H3. The zero-order chi connectivity index (χ0) is 15.4. The highest BCUT2D eigenvalue weighted by molar-refractivity contribution is 4.85. The molecule has 1 fully saturated rings. The van der Waals surface area contributed by atoms with E-state index in [0.717, 1.165) is 25.7 Å². The summed E-state index contributed by atoms with van der Waals surface area (Å²) in [5.41, 5.74) is 0.227. The Balaban J connectivity index is 2.27. The SMILES string of the molecule is CC(C)(C)C1CCC(O)C(CCCOCC(F)(F)F)C1. The monoisotopic (exact) mass is 296 g/mol. The van der Waals surface area contributed by atoms with Crippen molar-refractivity contribution in [2.24, 2.45) is 17.3 Å². The topological polar surface area (TPSA) is 29.5 Å². The average Bonchev–Trinajstić information content (AvgIpc) is 2.28. The second-order valence-corrected chi connectivity index (χ2v) is 7.01. The fraction of sp³-hybridized carbons (Fsp3) is 1.00. The molecule has 5 heteroatoms. The predicted octanol–water partition coefficient (Wildman–Crippen LogP) is 4.17. The summed E-state index contributed by atoms with van der Waals surface area (Å²) in [7, 11) is 0. The zero-order valence-corrected chi connectivity index (χ0v) is 12.7. The second kappa shape index (κ2) is 7.12. The van der Waals surface area contributed by atoms with Crippen molar-refractivity contribution < 1.29 is 23.0 Å². The molecule has 2 nitrogen and oxygen atoms in total. The van der Waals surface area contributed by atoms with Gasteiger partial charge in [0.2, 0.25) is 0 Å². The Morgan fingerprint density at radius 3 is 2.35 bits per heavy atom. The fourth-order valence-corrected chi connectivity index (χ4v) is 2.98. The maximum absolute atomic E-state index is 11.9. The molecule has 1 N–H and O–H groups in total. The lowest BCUT2D eigenvalue weighted by atomic mass is 9.67. The molecule has 3 atom stereocenters. The van der Waals surface area contributed by atoms with Crippen LogP contribution in [0.2, 0.25) is 0 Å². The van der Waals surface area contributed by atoms with Gasteiger partial charge in [0.25, 0.3) is 0 Å². The molecule has 0 bridgehead atoms. The van der Waals surface area contributed by atoms with E-state index >= 15 is 0 Å². The van der Waals surface area contributed by atoms with Crippen LogP contribution in [0.15, 0.2) is 0 Å². The highest BCUT2D eigenvalue weighted by Gasteiger charge is 2.34. The van der Waals surface area contributed by atoms with Crippen LogP contribution < -0.4 is 0 Å². The van der Waals surface area contributed by atoms with Gasteiger partial charge in [-0.05, 0) is 49.4 Å². The van der Waals surface area contributed by atoms with Gasteiger partial charge < -0.3 is 9.84 Å². The third-order valence-corrected chi connectivity index (χ3v) is 4.30. The van der Waals surface area contributed by atoms with Crippen molar-refractivity contribution in [3.8, 4) is 0 Å². The summed E-state index contributed by atoms with van der Waals surface area (Å²) in [5, 5.41) is 10.0. The van der Waals surface area contributed by atoms with Crippen LogP contribution in [0.25, 0.3) is 0 Å². The number of hydrogen-bond donors (Lipinski definition) is 1. The van der Waals surface area contributed by atoms with Crippen LogP contribution in [0.3, 0.4) is 0 Å². The molecular formula is C15H27F3O2. The Morgan fingerprint density at radius 2 is 1.80 bits per heavy atom. The van der Waals surface area contributed by atoms with Gasteiger partial charge in [0.05, 0.1) is 6.10 Å². The summed E-state index contributed by atoms with van der Waals surface area (Å²) >= 11 is 0. The molecule has 1 saturated carbocycles. The number of rotatable bonds is 5. The van der Waals surface area contributed by atoms with E-state index < -0.39 is 12.8 Å².